The average molecular weight is 455 g/mol. The third-order valence-electron chi connectivity index (χ3n) is 5.98. The van der Waals surface area contributed by atoms with Crippen LogP contribution < -0.4 is 0 Å². The van der Waals surface area contributed by atoms with Gasteiger partial charge in [-0.3, -0.25) is 4.79 Å². The van der Waals surface area contributed by atoms with E-state index in [1.54, 1.807) is 11.3 Å². The summed E-state index contributed by atoms with van der Waals surface area (Å²) in [7, 11) is 0. The van der Waals surface area contributed by atoms with Crippen LogP contribution in [0.2, 0.25) is 0 Å². The van der Waals surface area contributed by atoms with Crippen molar-refractivity contribution in [3.05, 3.63) is 64.1 Å². The molecule has 1 fully saturated rings. The minimum Gasteiger partial charge on any atom is -0.337 e. The van der Waals surface area contributed by atoms with E-state index in [-0.39, 0.29) is 5.91 Å². The number of nitrogens with zero attached hydrogens (tertiary/aromatic N) is 4. The third kappa shape index (κ3) is 5.57. The number of amides is 1. The highest BCUT2D eigenvalue weighted by atomic mass is 32.2. The molecule has 2 atom stereocenters. The maximum Gasteiger partial charge on any atom is 0.233 e. The van der Waals surface area contributed by atoms with Crippen molar-refractivity contribution < 1.29 is 4.79 Å². The molecule has 2 aromatic heterocycles. The van der Waals surface area contributed by atoms with Gasteiger partial charge in [0, 0.05) is 29.9 Å². The number of thiophene rings is 1. The van der Waals surface area contributed by atoms with Crippen molar-refractivity contribution in [3.63, 3.8) is 0 Å². The standard InChI is InChI=1S/C24H30N4OS2/c1-18-8-6-9-19(2)28(18)23(29)17-31-24-26-25-22(16-21-12-7-15-30-21)27(24)14-13-20-10-4-3-5-11-20/h3-5,7,10-12,15,18-19H,6,8-9,13-14,16-17H2,1-2H3. The van der Waals surface area contributed by atoms with Crippen molar-refractivity contribution in [2.45, 2.75) is 69.7 Å². The lowest BCUT2D eigenvalue weighted by atomic mass is 9.98. The molecule has 164 valence electrons. The number of hydrogen-bond donors (Lipinski definition) is 0. The lowest BCUT2D eigenvalue weighted by molar-refractivity contribution is -0.134. The molecule has 7 heteroatoms. The predicted molar refractivity (Wildman–Crippen MR) is 128 cm³/mol. The Balaban J connectivity index is 1.47. The molecule has 0 N–H and O–H groups in total. The van der Waals surface area contributed by atoms with Crippen LogP contribution in [0, 0.1) is 0 Å². The van der Waals surface area contributed by atoms with Gasteiger partial charge in [-0.15, -0.1) is 21.5 Å². The number of aryl methyl sites for hydroxylation is 1. The molecule has 5 nitrogen and oxygen atoms in total. The van der Waals surface area contributed by atoms with Gasteiger partial charge in [-0.2, -0.15) is 0 Å². The van der Waals surface area contributed by atoms with E-state index in [4.69, 9.17) is 0 Å². The predicted octanol–water partition coefficient (Wildman–Crippen LogP) is 5.05. The van der Waals surface area contributed by atoms with Crippen molar-refractivity contribution in [1.29, 1.82) is 0 Å². The maximum absolute atomic E-state index is 13.0. The van der Waals surface area contributed by atoms with Gasteiger partial charge in [0.25, 0.3) is 0 Å². The minimum absolute atomic E-state index is 0.210. The number of carbonyl (C=O) groups excluding carboxylic acids is 1. The summed E-state index contributed by atoms with van der Waals surface area (Å²) < 4.78 is 2.20. The van der Waals surface area contributed by atoms with Crippen LogP contribution in [0.1, 0.15) is 49.4 Å². The molecule has 0 spiro atoms. The number of carbonyl (C=O) groups is 1. The Morgan fingerprint density at radius 2 is 1.87 bits per heavy atom. The molecule has 31 heavy (non-hydrogen) atoms. The number of likely N-dealkylation sites (tertiary alicyclic amines) is 1. The summed E-state index contributed by atoms with van der Waals surface area (Å²) in [5.74, 6) is 1.59. The van der Waals surface area contributed by atoms with Gasteiger partial charge in [-0.25, -0.2) is 0 Å². The van der Waals surface area contributed by atoms with Gasteiger partial charge < -0.3 is 9.47 Å². The Bertz CT molecular complexity index is 961. The van der Waals surface area contributed by atoms with Gasteiger partial charge in [-0.1, -0.05) is 48.2 Å². The monoisotopic (exact) mass is 454 g/mol. The Morgan fingerprint density at radius 1 is 1.10 bits per heavy atom. The van der Waals surface area contributed by atoms with Crippen LogP contribution in [0.25, 0.3) is 0 Å². The zero-order chi connectivity index (χ0) is 21.6. The van der Waals surface area contributed by atoms with Gasteiger partial charge in [0.2, 0.25) is 5.91 Å². The summed E-state index contributed by atoms with van der Waals surface area (Å²) in [6, 6.07) is 15.3. The molecule has 0 saturated carbocycles. The van der Waals surface area contributed by atoms with E-state index in [9.17, 15) is 4.79 Å². The lowest BCUT2D eigenvalue weighted by Gasteiger charge is -2.39. The highest BCUT2D eigenvalue weighted by molar-refractivity contribution is 7.99. The number of piperidine rings is 1. The maximum atomic E-state index is 13.0. The van der Waals surface area contributed by atoms with E-state index in [1.165, 1.54) is 28.6 Å². The van der Waals surface area contributed by atoms with Crippen molar-refractivity contribution in [1.82, 2.24) is 19.7 Å². The second kappa shape index (κ2) is 10.5. The first-order chi connectivity index (χ1) is 15.1. The van der Waals surface area contributed by atoms with Crippen LogP contribution in [0.5, 0.6) is 0 Å². The summed E-state index contributed by atoms with van der Waals surface area (Å²) in [6.45, 7) is 5.14. The van der Waals surface area contributed by atoms with Crippen LogP contribution >= 0.6 is 23.1 Å². The SMILES string of the molecule is CC1CCCC(C)N1C(=O)CSc1nnc(Cc2cccs2)n1CCc1ccccc1. The summed E-state index contributed by atoms with van der Waals surface area (Å²) in [4.78, 5) is 16.3. The van der Waals surface area contributed by atoms with E-state index < -0.39 is 0 Å². The fraction of sp³-hybridized carbons (Fsp3) is 0.458. The average Bonchev–Trinajstić information content (AvgIpc) is 3.42. The zero-order valence-corrected chi connectivity index (χ0v) is 19.9. The normalized spacial score (nSPS) is 19.0. The molecule has 0 radical (unpaired) electrons. The molecule has 0 bridgehead atoms. The fourth-order valence-corrected chi connectivity index (χ4v) is 5.90. The van der Waals surface area contributed by atoms with Crippen LogP contribution in [0.15, 0.2) is 53.0 Å². The molecule has 0 aliphatic carbocycles. The first kappa shape index (κ1) is 22.1. The van der Waals surface area contributed by atoms with E-state index in [0.29, 0.717) is 17.8 Å². The summed E-state index contributed by atoms with van der Waals surface area (Å²) in [5.41, 5.74) is 1.29. The first-order valence-electron chi connectivity index (χ1n) is 11.0. The molecule has 2 unspecified atom stereocenters. The third-order valence-corrected chi connectivity index (χ3v) is 7.81. The summed E-state index contributed by atoms with van der Waals surface area (Å²) >= 11 is 3.26. The molecule has 1 aromatic carbocycles. The van der Waals surface area contributed by atoms with E-state index >= 15 is 0 Å². The van der Waals surface area contributed by atoms with Crippen LogP contribution in [-0.2, 0) is 24.2 Å². The van der Waals surface area contributed by atoms with Crippen LogP contribution in [0.4, 0.5) is 0 Å². The Hall–Kier alpha value is -2.12. The van der Waals surface area contributed by atoms with Crippen molar-refractivity contribution in [2.75, 3.05) is 5.75 Å². The van der Waals surface area contributed by atoms with E-state index in [0.717, 1.165) is 43.2 Å². The largest absolute Gasteiger partial charge is 0.337 e. The second-order valence-corrected chi connectivity index (χ2v) is 10.2. The number of hydrogen-bond acceptors (Lipinski definition) is 5. The number of rotatable bonds is 8. The van der Waals surface area contributed by atoms with Crippen LogP contribution in [0.3, 0.4) is 0 Å². The quantitative estimate of drug-likeness (QED) is 0.447. The van der Waals surface area contributed by atoms with Crippen molar-refractivity contribution in [2.24, 2.45) is 0 Å². The minimum atomic E-state index is 0.210. The van der Waals surface area contributed by atoms with Crippen LogP contribution in [-0.4, -0.2) is 43.4 Å². The fourth-order valence-electron chi connectivity index (χ4n) is 4.35. The van der Waals surface area contributed by atoms with Gasteiger partial charge in [0.15, 0.2) is 5.16 Å². The molecule has 1 aliphatic rings. The highest BCUT2D eigenvalue weighted by Crippen LogP contribution is 2.26. The number of aromatic nitrogens is 3. The van der Waals surface area contributed by atoms with Crippen molar-refractivity contribution >= 4 is 29.0 Å². The van der Waals surface area contributed by atoms with E-state index in [1.807, 2.05) is 6.07 Å². The Labute approximate surface area is 192 Å². The molecular weight excluding hydrogens is 424 g/mol. The summed E-state index contributed by atoms with van der Waals surface area (Å²) in [6.07, 6.45) is 5.09. The molecule has 1 saturated heterocycles. The zero-order valence-electron chi connectivity index (χ0n) is 18.2. The van der Waals surface area contributed by atoms with Gasteiger partial charge in [-0.05, 0) is 56.5 Å². The topological polar surface area (TPSA) is 51.0 Å². The number of thioether (sulfide) groups is 1. The van der Waals surface area contributed by atoms with Gasteiger partial charge in [0.05, 0.1) is 5.75 Å². The molecule has 1 amide bonds. The Morgan fingerprint density at radius 3 is 2.58 bits per heavy atom. The summed E-state index contributed by atoms with van der Waals surface area (Å²) in [5, 5.41) is 11.9. The molecule has 4 rings (SSSR count). The molecule has 1 aliphatic heterocycles. The Kier molecular flexibility index (Phi) is 7.45. The molecule has 3 heterocycles. The highest BCUT2D eigenvalue weighted by Gasteiger charge is 2.29. The van der Waals surface area contributed by atoms with E-state index in [2.05, 4.69) is 75.3 Å². The lowest BCUT2D eigenvalue weighted by Crippen LogP contribution is -2.48. The first-order valence-corrected chi connectivity index (χ1v) is 12.9. The van der Waals surface area contributed by atoms with Gasteiger partial charge >= 0.3 is 0 Å². The second-order valence-electron chi connectivity index (χ2n) is 8.26. The molecular formula is C24H30N4OS2. The van der Waals surface area contributed by atoms with Crippen molar-refractivity contribution in [3.8, 4) is 0 Å². The smallest absolute Gasteiger partial charge is 0.233 e. The molecule has 3 aromatic rings. The van der Waals surface area contributed by atoms with Gasteiger partial charge in [0.1, 0.15) is 5.82 Å². The number of benzene rings is 1.